The summed E-state index contributed by atoms with van der Waals surface area (Å²) in [6.45, 7) is 7.52. The maximum Gasteiger partial charge on any atom is 0.269 e. The first-order chi connectivity index (χ1) is 14.4. The number of hydrogen-bond acceptors (Lipinski definition) is 5. The molecule has 3 rings (SSSR count). The molecule has 160 valence electrons. The Kier molecular flexibility index (Phi) is 7.27. The highest BCUT2D eigenvalue weighted by molar-refractivity contribution is 5.76. The summed E-state index contributed by atoms with van der Waals surface area (Å²) in [5.74, 6) is 1.11. The maximum absolute atomic E-state index is 12.5. The monoisotopic (exact) mass is 411 g/mol. The van der Waals surface area contributed by atoms with Crippen molar-refractivity contribution in [1.82, 2.24) is 4.90 Å². The quantitative estimate of drug-likeness (QED) is 0.371. The summed E-state index contributed by atoms with van der Waals surface area (Å²) in [6, 6.07) is 12.8. The van der Waals surface area contributed by atoms with Crippen molar-refractivity contribution in [2.45, 2.75) is 33.1 Å². The summed E-state index contributed by atoms with van der Waals surface area (Å²) in [5.41, 5.74) is 3.35. The first-order valence-electron chi connectivity index (χ1n) is 10.4. The van der Waals surface area contributed by atoms with Gasteiger partial charge in [-0.15, -0.1) is 0 Å². The number of rotatable bonds is 8. The number of hydrogen-bond donors (Lipinski definition) is 0. The van der Waals surface area contributed by atoms with Gasteiger partial charge in [0.25, 0.3) is 5.69 Å². The number of nitro groups is 1. The molecule has 7 heteroatoms. The number of carbonyl (C=O) groups is 1. The van der Waals surface area contributed by atoms with E-state index in [1.165, 1.54) is 17.7 Å². The Bertz CT molecular complexity index is 875. The Balaban J connectivity index is 1.36. The number of carbonyl (C=O) groups excluding carboxylic acids is 1. The molecule has 7 nitrogen and oxygen atoms in total. The summed E-state index contributed by atoms with van der Waals surface area (Å²) >= 11 is 0. The predicted octanol–water partition coefficient (Wildman–Crippen LogP) is 4.11. The second-order valence-corrected chi connectivity index (χ2v) is 7.72. The zero-order valence-corrected chi connectivity index (χ0v) is 17.7. The number of benzene rings is 2. The van der Waals surface area contributed by atoms with Gasteiger partial charge in [-0.05, 0) is 56.0 Å². The number of unbranched alkanes of at least 4 members (excludes halogenated alkanes) is 1. The van der Waals surface area contributed by atoms with Crippen LogP contribution in [0.2, 0.25) is 0 Å². The van der Waals surface area contributed by atoms with Crippen molar-refractivity contribution in [3.05, 3.63) is 63.7 Å². The lowest BCUT2D eigenvalue weighted by Gasteiger charge is -2.36. The van der Waals surface area contributed by atoms with Gasteiger partial charge in [0.1, 0.15) is 5.75 Å². The average Bonchev–Trinajstić information content (AvgIpc) is 2.76. The third-order valence-corrected chi connectivity index (χ3v) is 5.44. The third kappa shape index (κ3) is 5.72. The zero-order valence-electron chi connectivity index (χ0n) is 17.7. The fourth-order valence-corrected chi connectivity index (χ4v) is 3.58. The van der Waals surface area contributed by atoms with E-state index in [0.717, 1.165) is 42.9 Å². The van der Waals surface area contributed by atoms with E-state index < -0.39 is 4.92 Å². The number of anilines is 1. The second-order valence-electron chi connectivity index (χ2n) is 7.72. The minimum atomic E-state index is -0.395. The smallest absolute Gasteiger partial charge is 0.269 e. The number of nitro benzene ring substituents is 1. The highest BCUT2D eigenvalue weighted by atomic mass is 16.6. The Morgan fingerprint density at radius 2 is 1.73 bits per heavy atom. The first kappa shape index (κ1) is 21.6. The Morgan fingerprint density at radius 1 is 1.03 bits per heavy atom. The van der Waals surface area contributed by atoms with Gasteiger partial charge in [-0.3, -0.25) is 14.9 Å². The van der Waals surface area contributed by atoms with Gasteiger partial charge in [-0.1, -0.05) is 12.1 Å². The van der Waals surface area contributed by atoms with Crippen molar-refractivity contribution < 1.29 is 14.5 Å². The van der Waals surface area contributed by atoms with Crippen LogP contribution in [0.15, 0.2) is 42.5 Å². The van der Waals surface area contributed by atoms with E-state index in [1.54, 1.807) is 12.1 Å². The topological polar surface area (TPSA) is 75.9 Å². The molecular formula is C23H29N3O4. The first-order valence-corrected chi connectivity index (χ1v) is 10.4. The van der Waals surface area contributed by atoms with Gasteiger partial charge in [0.2, 0.25) is 5.91 Å². The summed E-state index contributed by atoms with van der Waals surface area (Å²) in [7, 11) is 0. The molecule has 2 aromatic carbocycles. The van der Waals surface area contributed by atoms with E-state index in [2.05, 4.69) is 17.0 Å². The van der Waals surface area contributed by atoms with Crippen LogP contribution in [0.25, 0.3) is 0 Å². The molecule has 1 aliphatic heterocycles. The number of ether oxygens (including phenoxy) is 1. The van der Waals surface area contributed by atoms with Crippen LogP contribution in [-0.2, 0) is 4.79 Å². The van der Waals surface area contributed by atoms with Crippen LogP contribution in [0.3, 0.4) is 0 Å². The molecule has 1 amide bonds. The van der Waals surface area contributed by atoms with Crippen molar-refractivity contribution >= 4 is 17.3 Å². The van der Waals surface area contributed by atoms with Crippen molar-refractivity contribution in [3.8, 4) is 5.75 Å². The lowest BCUT2D eigenvalue weighted by atomic mass is 10.1. The fraction of sp³-hybridized carbons (Fsp3) is 0.435. The summed E-state index contributed by atoms with van der Waals surface area (Å²) < 4.78 is 5.86. The van der Waals surface area contributed by atoms with Crippen LogP contribution < -0.4 is 9.64 Å². The molecule has 1 fully saturated rings. The molecule has 0 unspecified atom stereocenters. The van der Waals surface area contributed by atoms with Gasteiger partial charge in [0.05, 0.1) is 11.5 Å². The van der Waals surface area contributed by atoms with Crippen molar-refractivity contribution in [2.24, 2.45) is 0 Å². The fourth-order valence-electron chi connectivity index (χ4n) is 3.58. The summed E-state index contributed by atoms with van der Waals surface area (Å²) in [5, 5.41) is 10.8. The highest BCUT2D eigenvalue weighted by Crippen LogP contribution is 2.21. The van der Waals surface area contributed by atoms with E-state index in [0.29, 0.717) is 26.1 Å². The number of amides is 1. The third-order valence-electron chi connectivity index (χ3n) is 5.44. The Labute approximate surface area is 177 Å². The average molecular weight is 412 g/mol. The van der Waals surface area contributed by atoms with Gasteiger partial charge >= 0.3 is 0 Å². The van der Waals surface area contributed by atoms with Crippen LogP contribution in [-0.4, -0.2) is 48.5 Å². The highest BCUT2D eigenvalue weighted by Gasteiger charge is 2.21. The Morgan fingerprint density at radius 3 is 2.40 bits per heavy atom. The zero-order chi connectivity index (χ0) is 21.5. The molecule has 0 aliphatic carbocycles. The predicted molar refractivity (Wildman–Crippen MR) is 117 cm³/mol. The molecule has 0 aromatic heterocycles. The van der Waals surface area contributed by atoms with E-state index in [-0.39, 0.29) is 11.6 Å². The van der Waals surface area contributed by atoms with Crippen LogP contribution in [0.4, 0.5) is 11.4 Å². The molecule has 1 saturated heterocycles. The van der Waals surface area contributed by atoms with E-state index in [9.17, 15) is 14.9 Å². The molecule has 0 N–H and O–H groups in total. The van der Waals surface area contributed by atoms with Crippen LogP contribution >= 0.6 is 0 Å². The van der Waals surface area contributed by atoms with Gasteiger partial charge in [0, 0.05) is 50.4 Å². The lowest BCUT2D eigenvalue weighted by Crippen LogP contribution is -2.48. The number of non-ortho nitro benzene ring substituents is 1. The second kappa shape index (κ2) is 10.1. The molecule has 2 aromatic rings. The van der Waals surface area contributed by atoms with Crippen molar-refractivity contribution in [1.29, 1.82) is 0 Å². The normalized spacial score (nSPS) is 13.9. The molecule has 1 heterocycles. The van der Waals surface area contributed by atoms with Gasteiger partial charge in [-0.25, -0.2) is 0 Å². The molecule has 0 atom stereocenters. The largest absolute Gasteiger partial charge is 0.493 e. The lowest BCUT2D eigenvalue weighted by molar-refractivity contribution is -0.384. The van der Waals surface area contributed by atoms with E-state index in [4.69, 9.17) is 4.74 Å². The van der Waals surface area contributed by atoms with E-state index >= 15 is 0 Å². The van der Waals surface area contributed by atoms with Crippen LogP contribution in [0.1, 0.15) is 30.4 Å². The molecule has 0 bridgehead atoms. The van der Waals surface area contributed by atoms with Gasteiger partial charge < -0.3 is 14.5 Å². The van der Waals surface area contributed by atoms with Gasteiger partial charge in [-0.2, -0.15) is 0 Å². The SMILES string of the molecule is Cc1ccc(C)c(OCCCCC(=O)N2CCN(c3ccc([N+](=O)[O-])cc3)CC2)c1. The molecule has 1 aliphatic rings. The Hall–Kier alpha value is -3.09. The number of aryl methyl sites for hydroxylation is 2. The molecule has 0 spiro atoms. The standard InChI is InChI=1S/C23H29N3O4/c1-18-6-7-19(2)22(17-18)30-16-4-3-5-23(27)25-14-12-24(13-15-25)20-8-10-21(11-9-20)26(28)29/h6-11,17H,3-5,12-16H2,1-2H3. The molecule has 30 heavy (non-hydrogen) atoms. The van der Waals surface area contributed by atoms with Gasteiger partial charge in [0.15, 0.2) is 0 Å². The molecule has 0 saturated carbocycles. The van der Waals surface area contributed by atoms with Crippen LogP contribution in [0.5, 0.6) is 5.75 Å². The number of piperazine rings is 1. The van der Waals surface area contributed by atoms with Crippen LogP contribution in [0, 0.1) is 24.0 Å². The summed E-state index contributed by atoms with van der Waals surface area (Å²) in [4.78, 5) is 26.9. The maximum atomic E-state index is 12.5. The molecule has 0 radical (unpaired) electrons. The van der Waals surface area contributed by atoms with Crippen molar-refractivity contribution in [3.63, 3.8) is 0 Å². The number of nitrogens with zero attached hydrogens (tertiary/aromatic N) is 3. The minimum Gasteiger partial charge on any atom is -0.493 e. The summed E-state index contributed by atoms with van der Waals surface area (Å²) in [6.07, 6.45) is 2.20. The molecular weight excluding hydrogens is 382 g/mol. The minimum absolute atomic E-state index is 0.0918. The van der Waals surface area contributed by atoms with Crippen molar-refractivity contribution in [2.75, 3.05) is 37.7 Å². The van der Waals surface area contributed by atoms with E-state index in [1.807, 2.05) is 24.8 Å².